The summed E-state index contributed by atoms with van der Waals surface area (Å²) in [7, 11) is 0. The molecule has 1 rings (SSSR count). The van der Waals surface area contributed by atoms with Crippen LogP contribution in [0.5, 0.6) is 0 Å². The van der Waals surface area contributed by atoms with Gasteiger partial charge < -0.3 is 15.3 Å². The second kappa shape index (κ2) is 6.74. The second-order valence-corrected chi connectivity index (χ2v) is 5.68. The first-order chi connectivity index (χ1) is 8.00. The van der Waals surface area contributed by atoms with Crippen molar-refractivity contribution in [2.24, 2.45) is 0 Å². The van der Waals surface area contributed by atoms with Gasteiger partial charge in [-0.2, -0.15) is 11.8 Å². The van der Waals surface area contributed by atoms with Crippen LogP contribution < -0.4 is 5.32 Å². The summed E-state index contributed by atoms with van der Waals surface area (Å²) in [6.07, 6.45) is 1.94. The Morgan fingerprint density at radius 2 is 2.00 bits per heavy atom. The Bertz CT molecular complexity index is 278. The Morgan fingerprint density at radius 3 is 2.47 bits per heavy atom. The van der Waals surface area contributed by atoms with E-state index in [9.17, 15) is 9.59 Å². The molecule has 0 aromatic rings. The highest BCUT2D eigenvalue weighted by atomic mass is 32.2. The van der Waals surface area contributed by atoms with Crippen molar-refractivity contribution in [2.45, 2.75) is 38.8 Å². The van der Waals surface area contributed by atoms with Crippen LogP contribution in [0.2, 0.25) is 0 Å². The minimum atomic E-state index is -0.979. The lowest BCUT2D eigenvalue weighted by atomic mass is 10.1. The zero-order valence-corrected chi connectivity index (χ0v) is 11.1. The lowest BCUT2D eigenvalue weighted by Gasteiger charge is -2.29. The third-order valence-electron chi connectivity index (χ3n) is 2.74. The van der Waals surface area contributed by atoms with Gasteiger partial charge in [0.05, 0.1) is 0 Å². The number of hydrogen-bond donors (Lipinski definition) is 2. The Hall–Kier alpha value is -0.910. The van der Waals surface area contributed by atoms with Gasteiger partial charge in [-0.3, -0.25) is 4.79 Å². The Labute approximate surface area is 106 Å². The maximum Gasteiger partial charge on any atom is 0.323 e. The van der Waals surface area contributed by atoms with E-state index in [0.29, 0.717) is 0 Å². The lowest BCUT2D eigenvalue weighted by molar-refractivity contribution is -0.138. The van der Waals surface area contributed by atoms with E-state index in [-0.39, 0.29) is 24.7 Å². The average molecular weight is 260 g/mol. The van der Waals surface area contributed by atoms with Gasteiger partial charge in [0.25, 0.3) is 0 Å². The monoisotopic (exact) mass is 260 g/mol. The van der Waals surface area contributed by atoms with Crippen LogP contribution in [0.25, 0.3) is 0 Å². The molecule has 1 saturated heterocycles. The van der Waals surface area contributed by atoms with Gasteiger partial charge in [-0.25, -0.2) is 4.79 Å². The summed E-state index contributed by atoms with van der Waals surface area (Å²) in [4.78, 5) is 24.0. The zero-order valence-electron chi connectivity index (χ0n) is 10.3. The van der Waals surface area contributed by atoms with Crippen LogP contribution >= 0.6 is 11.8 Å². The van der Waals surface area contributed by atoms with Crippen LogP contribution in [0, 0.1) is 0 Å². The highest BCUT2D eigenvalue weighted by molar-refractivity contribution is 7.99. The van der Waals surface area contributed by atoms with Gasteiger partial charge in [0.1, 0.15) is 6.54 Å². The van der Waals surface area contributed by atoms with Crippen LogP contribution in [0.3, 0.4) is 0 Å². The number of carboxylic acid groups (broad SMARTS) is 1. The molecule has 1 aliphatic rings. The third kappa shape index (κ3) is 4.85. The van der Waals surface area contributed by atoms with E-state index in [4.69, 9.17) is 5.11 Å². The minimum Gasteiger partial charge on any atom is -0.480 e. The number of carboxylic acids is 1. The average Bonchev–Trinajstić information content (AvgIpc) is 2.26. The van der Waals surface area contributed by atoms with Crippen LogP contribution in [-0.2, 0) is 4.79 Å². The Morgan fingerprint density at radius 1 is 1.41 bits per heavy atom. The molecule has 0 unspecified atom stereocenters. The van der Waals surface area contributed by atoms with Crippen LogP contribution in [-0.4, -0.2) is 52.1 Å². The first-order valence-electron chi connectivity index (χ1n) is 5.87. The number of carbonyl (C=O) groups is 2. The molecule has 2 N–H and O–H groups in total. The number of aliphatic carboxylic acids is 1. The van der Waals surface area contributed by atoms with E-state index in [1.165, 1.54) is 4.90 Å². The third-order valence-corrected chi connectivity index (χ3v) is 3.79. The molecule has 5 nitrogen and oxygen atoms in total. The molecule has 1 heterocycles. The van der Waals surface area contributed by atoms with Gasteiger partial charge in [0.15, 0.2) is 0 Å². The van der Waals surface area contributed by atoms with E-state index in [1.807, 2.05) is 25.6 Å². The summed E-state index contributed by atoms with van der Waals surface area (Å²) < 4.78 is 0. The molecule has 1 aliphatic heterocycles. The topological polar surface area (TPSA) is 69.6 Å². The molecule has 0 saturated carbocycles. The van der Waals surface area contributed by atoms with Crippen molar-refractivity contribution in [1.29, 1.82) is 0 Å². The van der Waals surface area contributed by atoms with Crippen molar-refractivity contribution in [3.63, 3.8) is 0 Å². The molecule has 98 valence electrons. The summed E-state index contributed by atoms with van der Waals surface area (Å²) >= 11 is 1.89. The number of carbonyl (C=O) groups excluding carboxylic acids is 1. The van der Waals surface area contributed by atoms with Gasteiger partial charge in [-0.15, -0.1) is 0 Å². The Balaban J connectivity index is 2.49. The van der Waals surface area contributed by atoms with Crippen LogP contribution in [0.15, 0.2) is 0 Å². The number of nitrogens with one attached hydrogen (secondary N) is 1. The van der Waals surface area contributed by atoms with Crippen molar-refractivity contribution in [3.05, 3.63) is 0 Å². The summed E-state index contributed by atoms with van der Waals surface area (Å²) in [6.45, 7) is 3.39. The quantitative estimate of drug-likeness (QED) is 0.801. The van der Waals surface area contributed by atoms with Crippen molar-refractivity contribution in [3.8, 4) is 0 Å². The van der Waals surface area contributed by atoms with E-state index >= 15 is 0 Å². The first kappa shape index (κ1) is 14.2. The van der Waals surface area contributed by atoms with Crippen molar-refractivity contribution in [1.82, 2.24) is 10.2 Å². The normalized spacial score (nSPS) is 16.9. The molecule has 2 amide bonds. The molecule has 0 radical (unpaired) electrons. The van der Waals surface area contributed by atoms with E-state index in [0.717, 1.165) is 24.3 Å². The SMILES string of the molecule is CC(C)N(CC(=O)O)C(=O)NC1CCSCC1. The number of amides is 2. The fourth-order valence-corrected chi connectivity index (χ4v) is 2.84. The number of urea groups is 1. The van der Waals surface area contributed by atoms with E-state index in [1.54, 1.807) is 0 Å². The van der Waals surface area contributed by atoms with Crippen LogP contribution in [0.4, 0.5) is 4.79 Å². The van der Waals surface area contributed by atoms with Crippen molar-refractivity contribution >= 4 is 23.8 Å². The maximum absolute atomic E-state index is 11.9. The van der Waals surface area contributed by atoms with Crippen molar-refractivity contribution < 1.29 is 14.7 Å². The first-order valence-corrected chi connectivity index (χ1v) is 7.03. The van der Waals surface area contributed by atoms with E-state index in [2.05, 4.69) is 5.32 Å². The molecule has 0 aliphatic carbocycles. The molecule has 17 heavy (non-hydrogen) atoms. The smallest absolute Gasteiger partial charge is 0.323 e. The van der Waals surface area contributed by atoms with Gasteiger partial charge in [-0.1, -0.05) is 0 Å². The minimum absolute atomic E-state index is 0.107. The second-order valence-electron chi connectivity index (χ2n) is 4.45. The summed E-state index contributed by atoms with van der Waals surface area (Å²) in [5.74, 6) is 1.14. The van der Waals surface area contributed by atoms with Crippen LogP contribution in [0.1, 0.15) is 26.7 Å². The number of thioether (sulfide) groups is 1. The highest BCUT2D eigenvalue weighted by Gasteiger charge is 2.23. The molecular formula is C11H20N2O3S. The number of rotatable bonds is 4. The molecule has 0 spiro atoms. The standard InChI is InChI=1S/C11H20N2O3S/c1-8(2)13(7-10(14)15)11(16)12-9-3-5-17-6-4-9/h8-9H,3-7H2,1-2H3,(H,12,16)(H,14,15). The lowest BCUT2D eigenvalue weighted by Crippen LogP contribution is -2.50. The molecule has 0 aromatic heterocycles. The summed E-state index contributed by atoms with van der Waals surface area (Å²) in [6, 6.07) is -0.179. The van der Waals surface area contributed by atoms with Gasteiger partial charge >= 0.3 is 12.0 Å². The van der Waals surface area contributed by atoms with E-state index < -0.39 is 5.97 Å². The number of hydrogen-bond acceptors (Lipinski definition) is 3. The maximum atomic E-state index is 11.9. The molecule has 0 atom stereocenters. The van der Waals surface area contributed by atoms with Gasteiger partial charge in [0.2, 0.25) is 0 Å². The predicted octanol–water partition coefficient (Wildman–Crippen LogP) is 1.39. The fraction of sp³-hybridized carbons (Fsp3) is 0.818. The zero-order chi connectivity index (χ0) is 12.8. The molecule has 0 bridgehead atoms. The highest BCUT2D eigenvalue weighted by Crippen LogP contribution is 2.17. The summed E-state index contributed by atoms with van der Waals surface area (Å²) in [5, 5.41) is 11.7. The summed E-state index contributed by atoms with van der Waals surface area (Å²) in [5.41, 5.74) is 0. The Kier molecular flexibility index (Phi) is 5.61. The van der Waals surface area contributed by atoms with Crippen molar-refractivity contribution in [2.75, 3.05) is 18.1 Å². The molecule has 1 fully saturated rings. The molecule has 0 aromatic carbocycles. The van der Waals surface area contributed by atoms with Gasteiger partial charge in [-0.05, 0) is 38.2 Å². The van der Waals surface area contributed by atoms with Gasteiger partial charge in [0, 0.05) is 12.1 Å². The molecular weight excluding hydrogens is 240 g/mol. The molecule has 6 heteroatoms. The number of nitrogens with zero attached hydrogens (tertiary/aromatic N) is 1. The fourth-order valence-electron chi connectivity index (χ4n) is 1.73. The predicted molar refractivity (Wildman–Crippen MR) is 68.4 cm³/mol. The largest absolute Gasteiger partial charge is 0.480 e.